The van der Waals surface area contributed by atoms with Crippen molar-refractivity contribution in [2.75, 3.05) is 32.8 Å². The van der Waals surface area contributed by atoms with Crippen molar-refractivity contribution in [3.05, 3.63) is 60.2 Å². The van der Waals surface area contributed by atoms with Gasteiger partial charge in [-0.05, 0) is 23.1 Å². The van der Waals surface area contributed by atoms with Crippen LogP contribution in [0.15, 0.2) is 54.6 Å². The molecular formula is C23H25N3O3. The summed E-state index contributed by atoms with van der Waals surface area (Å²) < 4.78 is 5.58. The van der Waals surface area contributed by atoms with E-state index in [1.54, 1.807) is 0 Å². The SMILES string of the molecule is O=C1COC2CCN(C(=O)N3CC(c4ccc(-c5ccccc5)cc4)C3)C[C@H]2N1. The molecule has 6 heteroatoms. The van der Waals surface area contributed by atoms with Gasteiger partial charge < -0.3 is 19.9 Å². The molecule has 6 nitrogen and oxygen atoms in total. The Bertz CT molecular complexity index is 893. The molecular weight excluding hydrogens is 366 g/mol. The molecule has 0 aliphatic carbocycles. The molecule has 3 saturated heterocycles. The van der Waals surface area contributed by atoms with Crippen molar-refractivity contribution < 1.29 is 14.3 Å². The third-order valence-corrected chi connectivity index (χ3v) is 6.24. The standard InChI is InChI=1S/C23H25N3O3/c27-22-15-29-21-10-11-25(14-20(21)24-22)23(28)26-12-19(13-26)18-8-6-17(7-9-18)16-4-2-1-3-5-16/h1-9,19-21H,10-15H2,(H,24,27)/t20-,21?/m1/s1. The van der Waals surface area contributed by atoms with Gasteiger partial charge in [0.15, 0.2) is 0 Å². The number of hydrogen-bond donors (Lipinski definition) is 1. The van der Waals surface area contributed by atoms with Crippen LogP contribution in [0.4, 0.5) is 4.79 Å². The molecule has 150 valence electrons. The lowest BCUT2D eigenvalue weighted by Gasteiger charge is -2.46. The number of rotatable bonds is 2. The molecule has 0 spiro atoms. The molecule has 0 radical (unpaired) electrons. The van der Waals surface area contributed by atoms with Crippen LogP contribution >= 0.6 is 0 Å². The summed E-state index contributed by atoms with van der Waals surface area (Å²) in [4.78, 5) is 28.2. The van der Waals surface area contributed by atoms with Gasteiger partial charge in [-0.3, -0.25) is 4.79 Å². The van der Waals surface area contributed by atoms with Gasteiger partial charge in [0.05, 0.1) is 12.1 Å². The van der Waals surface area contributed by atoms with Crippen molar-refractivity contribution >= 4 is 11.9 Å². The number of morpholine rings is 1. The number of carbonyl (C=O) groups excluding carboxylic acids is 2. The maximum atomic E-state index is 12.9. The molecule has 2 aromatic rings. The number of carbonyl (C=O) groups is 2. The Balaban J connectivity index is 1.17. The molecule has 0 bridgehead atoms. The van der Waals surface area contributed by atoms with Crippen molar-refractivity contribution in [2.45, 2.75) is 24.5 Å². The van der Waals surface area contributed by atoms with Gasteiger partial charge in [-0.15, -0.1) is 0 Å². The summed E-state index contributed by atoms with van der Waals surface area (Å²) >= 11 is 0. The van der Waals surface area contributed by atoms with Crippen molar-refractivity contribution in [3.63, 3.8) is 0 Å². The fourth-order valence-corrected chi connectivity index (χ4v) is 4.50. The molecule has 3 aliphatic heterocycles. The summed E-state index contributed by atoms with van der Waals surface area (Å²) in [7, 11) is 0. The zero-order valence-corrected chi connectivity index (χ0v) is 16.3. The van der Waals surface area contributed by atoms with E-state index in [1.165, 1.54) is 16.7 Å². The van der Waals surface area contributed by atoms with E-state index in [-0.39, 0.29) is 30.7 Å². The highest BCUT2D eigenvalue weighted by Gasteiger charge is 2.40. The third kappa shape index (κ3) is 3.60. The minimum Gasteiger partial charge on any atom is -0.366 e. The lowest BCUT2D eigenvalue weighted by molar-refractivity contribution is -0.139. The van der Waals surface area contributed by atoms with Crippen LogP contribution in [0.3, 0.4) is 0 Å². The summed E-state index contributed by atoms with van der Waals surface area (Å²) in [6.45, 7) is 2.84. The maximum Gasteiger partial charge on any atom is 0.320 e. The highest BCUT2D eigenvalue weighted by Crippen LogP contribution is 2.30. The first-order chi connectivity index (χ1) is 14.2. The largest absolute Gasteiger partial charge is 0.366 e. The van der Waals surface area contributed by atoms with E-state index in [2.05, 4.69) is 41.7 Å². The monoisotopic (exact) mass is 391 g/mol. The van der Waals surface area contributed by atoms with Gasteiger partial charge in [0.1, 0.15) is 6.61 Å². The summed E-state index contributed by atoms with van der Waals surface area (Å²) in [5, 5.41) is 2.96. The Morgan fingerprint density at radius 1 is 0.931 bits per heavy atom. The van der Waals surface area contributed by atoms with Crippen LogP contribution in [0.5, 0.6) is 0 Å². The van der Waals surface area contributed by atoms with E-state index in [1.807, 2.05) is 28.0 Å². The number of fused-ring (bicyclic) bond motifs is 1. The molecule has 1 N–H and O–H groups in total. The number of urea groups is 1. The second-order valence-electron chi connectivity index (χ2n) is 8.13. The molecule has 1 unspecified atom stereocenters. The molecule has 5 rings (SSSR count). The number of piperidine rings is 1. The molecule has 2 atom stereocenters. The zero-order chi connectivity index (χ0) is 19.8. The zero-order valence-electron chi connectivity index (χ0n) is 16.3. The van der Waals surface area contributed by atoms with E-state index in [9.17, 15) is 9.59 Å². The van der Waals surface area contributed by atoms with Gasteiger partial charge in [-0.25, -0.2) is 4.79 Å². The molecule has 0 saturated carbocycles. The summed E-state index contributed by atoms with van der Waals surface area (Å²) in [6.07, 6.45) is 0.804. The first-order valence-electron chi connectivity index (χ1n) is 10.3. The van der Waals surface area contributed by atoms with Crippen molar-refractivity contribution in [3.8, 4) is 11.1 Å². The van der Waals surface area contributed by atoms with Crippen LogP contribution in [0.2, 0.25) is 0 Å². The summed E-state index contributed by atoms with van der Waals surface area (Å²) in [6, 6.07) is 19.0. The van der Waals surface area contributed by atoms with Crippen LogP contribution in [0.1, 0.15) is 17.9 Å². The second-order valence-corrected chi connectivity index (χ2v) is 8.13. The van der Waals surface area contributed by atoms with E-state index >= 15 is 0 Å². The normalized spacial score (nSPS) is 24.5. The first-order valence-corrected chi connectivity index (χ1v) is 10.3. The molecule has 3 fully saturated rings. The number of nitrogens with zero attached hydrogens (tertiary/aromatic N) is 2. The quantitative estimate of drug-likeness (QED) is 0.856. The van der Waals surface area contributed by atoms with Gasteiger partial charge in [0.25, 0.3) is 0 Å². The molecule has 2 aromatic carbocycles. The van der Waals surface area contributed by atoms with E-state index in [0.717, 1.165) is 19.5 Å². The molecule has 3 aliphatic rings. The number of benzene rings is 2. The average Bonchev–Trinajstić information content (AvgIpc) is 2.73. The minimum absolute atomic E-state index is 0.0315. The smallest absolute Gasteiger partial charge is 0.320 e. The predicted octanol–water partition coefficient (Wildman–Crippen LogP) is 2.46. The number of amides is 3. The third-order valence-electron chi connectivity index (χ3n) is 6.24. The van der Waals surface area contributed by atoms with Crippen molar-refractivity contribution in [1.82, 2.24) is 15.1 Å². The number of ether oxygens (including phenoxy) is 1. The topological polar surface area (TPSA) is 61.9 Å². The van der Waals surface area contributed by atoms with Gasteiger partial charge >= 0.3 is 6.03 Å². The molecule has 0 aromatic heterocycles. The van der Waals surface area contributed by atoms with Crippen molar-refractivity contribution in [1.29, 1.82) is 0 Å². The summed E-state index contributed by atoms with van der Waals surface area (Å²) in [5.41, 5.74) is 3.70. The molecule has 29 heavy (non-hydrogen) atoms. The molecule has 3 amide bonds. The summed E-state index contributed by atoms with van der Waals surface area (Å²) in [5.74, 6) is 0.294. The van der Waals surface area contributed by atoms with Crippen LogP contribution in [-0.2, 0) is 9.53 Å². The van der Waals surface area contributed by atoms with E-state index < -0.39 is 0 Å². The molecule has 3 heterocycles. The highest BCUT2D eigenvalue weighted by atomic mass is 16.5. The van der Waals surface area contributed by atoms with Gasteiger partial charge in [-0.2, -0.15) is 0 Å². The first kappa shape index (κ1) is 18.2. The Kier molecular flexibility index (Phi) is 4.72. The second kappa shape index (κ2) is 7.52. The van der Waals surface area contributed by atoms with Crippen LogP contribution in [-0.4, -0.2) is 66.7 Å². The van der Waals surface area contributed by atoms with Crippen LogP contribution in [0.25, 0.3) is 11.1 Å². The lowest BCUT2D eigenvalue weighted by Crippen LogP contribution is -2.63. The fraction of sp³-hybridized carbons (Fsp3) is 0.391. The Morgan fingerprint density at radius 3 is 2.41 bits per heavy atom. The number of hydrogen-bond acceptors (Lipinski definition) is 3. The van der Waals surface area contributed by atoms with Gasteiger partial charge in [0, 0.05) is 32.1 Å². The van der Waals surface area contributed by atoms with Crippen LogP contribution in [0, 0.1) is 0 Å². The van der Waals surface area contributed by atoms with Crippen LogP contribution < -0.4 is 5.32 Å². The Labute approximate surface area is 170 Å². The minimum atomic E-state index is -0.0940. The maximum absolute atomic E-state index is 12.9. The van der Waals surface area contributed by atoms with Gasteiger partial charge in [-0.1, -0.05) is 54.6 Å². The van der Waals surface area contributed by atoms with E-state index in [0.29, 0.717) is 19.0 Å². The average molecular weight is 391 g/mol. The fourth-order valence-electron chi connectivity index (χ4n) is 4.50. The lowest BCUT2D eigenvalue weighted by atomic mass is 9.90. The Morgan fingerprint density at radius 2 is 1.66 bits per heavy atom. The number of likely N-dealkylation sites (tertiary alicyclic amines) is 2. The van der Waals surface area contributed by atoms with Gasteiger partial charge in [0.2, 0.25) is 5.91 Å². The number of nitrogens with one attached hydrogen (secondary N) is 1. The highest BCUT2D eigenvalue weighted by molar-refractivity contribution is 5.79. The predicted molar refractivity (Wildman–Crippen MR) is 109 cm³/mol. The Hall–Kier alpha value is -2.86. The van der Waals surface area contributed by atoms with Crippen molar-refractivity contribution in [2.24, 2.45) is 0 Å². The van der Waals surface area contributed by atoms with E-state index in [4.69, 9.17) is 4.74 Å².